The van der Waals surface area contributed by atoms with Crippen LogP contribution in [0.1, 0.15) is 136 Å². The van der Waals surface area contributed by atoms with Crippen molar-refractivity contribution in [1.82, 2.24) is 5.32 Å². The zero-order valence-electron chi connectivity index (χ0n) is 38.1. The average molecular weight is 923 g/mol. The van der Waals surface area contributed by atoms with Gasteiger partial charge in [-0.1, -0.05) is 43.0 Å². The molecule has 2 unspecified atom stereocenters. The molecule has 8 rings (SSSR count). The number of esters is 4. The van der Waals surface area contributed by atoms with E-state index >= 15 is 0 Å². The number of benzene rings is 4. The first-order chi connectivity index (χ1) is 32.3. The Balaban J connectivity index is 1.09. The standard InChI is InChI=1S/C53H50N2O13/c1-29(2)43(56)26-65-50(63)39-17-13-36(20-41(39)46(59)54-6)45(58)37-14-18-40(51(64)66-27-44(57)30(3)4)42(21-37)47(60)55-38-15-11-35(12-16-38)49(62)68-53-24-32-19-33(25-53)23-52(22-32,28-53)67-48(61)34-9-7-31(5)8-10-34/h7-18,20-21,32-33H,1,3,19,22-28H2,2,4-6H3,(H,54,59)(H,55,60). The number of ether oxygens (including phenoxy) is 4. The molecule has 0 spiro atoms. The second kappa shape index (κ2) is 19.6. The van der Waals surface area contributed by atoms with Crippen LogP contribution >= 0.6 is 0 Å². The predicted octanol–water partition coefficient (Wildman–Crippen LogP) is 7.55. The van der Waals surface area contributed by atoms with Crippen molar-refractivity contribution < 1.29 is 62.1 Å². The normalized spacial score (nSPS) is 19.7. The van der Waals surface area contributed by atoms with E-state index < -0.39 is 77.5 Å². The first-order valence-corrected chi connectivity index (χ1v) is 22.0. The van der Waals surface area contributed by atoms with Crippen LogP contribution in [-0.4, -0.2) is 84.5 Å². The molecule has 0 radical (unpaired) electrons. The molecule has 2 atom stereocenters. The summed E-state index contributed by atoms with van der Waals surface area (Å²) in [5, 5.41) is 5.08. The fourth-order valence-corrected chi connectivity index (χ4v) is 9.49. The molecule has 15 nitrogen and oxygen atoms in total. The van der Waals surface area contributed by atoms with Gasteiger partial charge in [0.1, 0.15) is 11.2 Å². The van der Waals surface area contributed by atoms with Crippen molar-refractivity contribution in [2.24, 2.45) is 11.8 Å². The van der Waals surface area contributed by atoms with Crippen molar-refractivity contribution in [3.8, 4) is 0 Å². The van der Waals surface area contributed by atoms with E-state index in [1.807, 2.05) is 19.1 Å². The SMILES string of the molecule is C=C(C)C(=O)COC(=O)c1ccc(C(=O)c2ccc(C(=O)OCC(=O)C(=C)C)c(C(=O)Nc3ccc(C(=O)OC45CC6CC(CC(OC(=O)c7ccc(C)cc7)(C6)C4)C5)cc3)c2)cc1C(=O)NC. The second-order valence-corrected chi connectivity index (χ2v) is 18.0. The highest BCUT2D eigenvalue weighted by Crippen LogP contribution is 2.60. The third-order valence-electron chi connectivity index (χ3n) is 12.6. The molecule has 4 saturated carbocycles. The molecule has 68 heavy (non-hydrogen) atoms. The fraction of sp³-hybridized carbons (Fsp3) is 0.302. The molecule has 4 fully saturated rings. The Kier molecular flexibility index (Phi) is 13.9. The van der Waals surface area contributed by atoms with Gasteiger partial charge >= 0.3 is 23.9 Å². The van der Waals surface area contributed by atoms with Crippen molar-refractivity contribution in [2.75, 3.05) is 25.6 Å². The average Bonchev–Trinajstić information content (AvgIpc) is 3.30. The Morgan fingerprint density at radius 3 is 1.40 bits per heavy atom. The lowest BCUT2D eigenvalue weighted by atomic mass is 9.52. The van der Waals surface area contributed by atoms with Crippen molar-refractivity contribution in [3.63, 3.8) is 0 Å². The van der Waals surface area contributed by atoms with E-state index in [1.54, 1.807) is 12.1 Å². The third kappa shape index (κ3) is 10.6. The molecule has 15 heteroatoms. The van der Waals surface area contributed by atoms with Crippen LogP contribution in [-0.2, 0) is 28.5 Å². The van der Waals surface area contributed by atoms with Gasteiger partial charge in [-0.05, 0) is 137 Å². The molecule has 0 heterocycles. The van der Waals surface area contributed by atoms with Crippen molar-refractivity contribution in [1.29, 1.82) is 0 Å². The highest BCUT2D eigenvalue weighted by molar-refractivity contribution is 6.16. The monoisotopic (exact) mass is 922 g/mol. The van der Waals surface area contributed by atoms with Gasteiger partial charge in [0.05, 0.1) is 33.4 Å². The number of rotatable bonds is 17. The summed E-state index contributed by atoms with van der Waals surface area (Å²) >= 11 is 0. The largest absolute Gasteiger partial charge is 0.455 e. The summed E-state index contributed by atoms with van der Waals surface area (Å²) in [4.78, 5) is 118. The molecule has 4 aliphatic carbocycles. The van der Waals surface area contributed by atoms with E-state index in [9.17, 15) is 43.2 Å². The molecular formula is C53H50N2O13. The van der Waals surface area contributed by atoms with Gasteiger partial charge in [-0.15, -0.1) is 0 Å². The fourth-order valence-electron chi connectivity index (χ4n) is 9.49. The van der Waals surface area contributed by atoms with Crippen LogP contribution < -0.4 is 10.6 Å². The smallest absolute Gasteiger partial charge is 0.339 e. The van der Waals surface area contributed by atoms with E-state index in [0.29, 0.717) is 37.7 Å². The first kappa shape index (κ1) is 48.1. The van der Waals surface area contributed by atoms with Crippen LogP contribution in [0.25, 0.3) is 0 Å². The number of aryl methyl sites for hydroxylation is 1. The molecule has 2 amide bonds. The number of Topliss-reactive ketones (excluding diaryl/α,β-unsaturated/α-hetero) is 2. The zero-order chi connectivity index (χ0) is 49.1. The number of carbonyl (C=O) groups is 9. The lowest BCUT2D eigenvalue weighted by molar-refractivity contribution is -0.200. The molecule has 0 aromatic heterocycles. The predicted molar refractivity (Wildman–Crippen MR) is 246 cm³/mol. The Labute approximate surface area is 392 Å². The maximum Gasteiger partial charge on any atom is 0.339 e. The van der Waals surface area contributed by atoms with Gasteiger partial charge in [-0.2, -0.15) is 0 Å². The second-order valence-electron chi connectivity index (χ2n) is 18.0. The number of amides is 2. The first-order valence-electron chi connectivity index (χ1n) is 22.0. The minimum Gasteiger partial charge on any atom is -0.455 e. The Hall–Kier alpha value is -7.81. The summed E-state index contributed by atoms with van der Waals surface area (Å²) in [6.45, 7) is 10.6. The van der Waals surface area contributed by atoms with Gasteiger partial charge in [0.2, 0.25) is 0 Å². The minimum absolute atomic E-state index is 0.0821. The molecule has 4 bridgehead atoms. The molecule has 0 saturated heterocycles. The van der Waals surface area contributed by atoms with Gasteiger partial charge in [-0.3, -0.25) is 24.0 Å². The van der Waals surface area contributed by atoms with Crippen molar-refractivity contribution in [3.05, 3.63) is 159 Å². The van der Waals surface area contributed by atoms with E-state index in [1.165, 1.54) is 69.4 Å². The van der Waals surface area contributed by atoms with Crippen LogP contribution in [0.2, 0.25) is 0 Å². The summed E-state index contributed by atoms with van der Waals surface area (Å²) in [7, 11) is 1.32. The van der Waals surface area contributed by atoms with E-state index in [2.05, 4.69) is 23.8 Å². The highest BCUT2D eigenvalue weighted by atomic mass is 16.6. The maximum absolute atomic E-state index is 14.0. The van der Waals surface area contributed by atoms with Gasteiger partial charge in [0.25, 0.3) is 11.8 Å². The Morgan fingerprint density at radius 1 is 0.559 bits per heavy atom. The van der Waals surface area contributed by atoms with Crippen molar-refractivity contribution in [2.45, 2.75) is 70.5 Å². The summed E-state index contributed by atoms with van der Waals surface area (Å²) in [5.41, 5.74) is -0.602. The van der Waals surface area contributed by atoms with E-state index in [4.69, 9.17) is 18.9 Å². The number of nitrogens with one attached hydrogen (secondary N) is 2. The third-order valence-corrected chi connectivity index (χ3v) is 12.6. The molecule has 4 aliphatic rings. The van der Waals surface area contributed by atoms with E-state index in [0.717, 1.165) is 24.1 Å². The Morgan fingerprint density at radius 2 is 0.971 bits per heavy atom. The lowest BCUT2D eigenvalue weighted by Crippen LogP contribution is -2.61. The lowest BCUT2D eigenvalue weighted by Gasteiger charge is -2.60. The van der Waals surface area contributed by atoms with Gasteiger partial charge in [0, 0.05) is 30.3 Å². The van der Waals surface area contributed by atoms with Crippen LogP contribution in [0.4, 0.5) is 5.69 Å². The number of ketones is 3. The Bertz CT molecular complexity index is 2790. The highest BCUT2D eigenvalue weighted by Gasteiger charge is 2.61. The zero-order valence-corrected chi connectivity index (χ0v) is 38.1. The number of hydrogen-bond donors (Lipinski definition) is 2. The molecule has 4 aromatic carbocycles. The molecular weight excluding hydrogens is 873 g/mol. The number of carbonyl (C=O) groups excluding carboxylic acids is 9. The molecule has 4 aromatic rings. The quantitative estimate of drug-likeness (QED) is 0.0454. The van der Waals surface area contributed by atoms with Crippen LogP contribution in [0.5, 0.6) is 0 Å². The topological polar surface area (TPSA) is 215 Å². The van der Waals surface area contributed by atoms with Crippen molar-refractivity contribution >= 4 is 58.7 Å². The minimum atomic E-state index is -1.05. The summed E-state index contributed by atoms with van der Waals surface area (Å²) in [6, 6.07) is 20.3. The molecule has 2 N–H and O–H groups in total. The van der Waals surface area contributed by atoms with Crippen LogP contribution in [0.3, 0.4) is 0 Å². The van der Waals surface area contributed by atoms with Crippen LogP contribution in [0, 0.1) is 18.8 Å². The molecule has 0 aliphatic heterocycles. The summed E-state index contributed by atoms with van der Waals surface area (Å²) < 4.78 is 22.8. The van der Waals surface area contributed by atoms with Gasteiger partial charge in [0.15, 0.2) is 30.6 Å². The maximum atomic E-state index is 14.0. The van der Waals surface area contributed by atoms with Gasteiger partial charge in [-0.25, -0.2) is 19.2 Å². The van der Waals surface area contributed by atoms with Crippen LogP contribution in [0.15, 0.2) is 109 Å². The number of hydrogen-bond acceptors (Lipinski definition) is 13. The number of anilines is 1. The molecule has 350 valence electrons. The van der Waals surface area contributed by atoms with E-state index in [-0.39, 0.29) is 67.6 Å². The summed E-state index contributed by atoms with van der Waals surface area (Å²) in [6.07, 6.45) is 4.12. The van der Waals surface area contributed by atoms with Gasteiger partial charge < -0.3 is 29.6 Å². The summed E-state index contributed by atoms with van der Waals surface area (Å²) in [5.74, 6) is -5.94.